The molecule has 0 aromatic carbocycles. The molecule has 2 atom stereocenters. The molecule has 2 heteroatoms. The molecule has 0 saturated heterocycles. The quantitative estimate of drug-likeness (QED) is 0.736. The van der Waals surface area contributed by atoms with Gasteiger partial charge in [-0.15, -0.1) is 0 Å². The molecule has 1 fully saturated rings. The molecule has 0 aliphatic heterocycles. The third kappa shape index (κ3) is 3.46. The Kier molecular flexibility index (Phi) is 5.07. The third-order valence-corrected chi connectivity index (χ3v) is 4.02. The lowest BCUT2D eigenvalue weighted by Gasteiger charge is -2.41. The van der Waals surface area contributed by atoms with Crippen molar-refractivity contribution in [2.24, 2.45) is 5.92 Å². The lowest BCUT2D eigenvalue weighted by molar-refractivity contribution is 0.0855. The molecule has 0 radical (unpaired) electrons. The highest BCUT2D eigenvalue weighted by atomic mass is 16.3. The van der Waals surface area contributed by atoms with Gasteiger partial charge in [0.1, 0.15) is 0 Å². The predicted octanol–water partition coefficient (Wildman–Crippen LogP) is 2.71. The minimum Gasteiger partial charge on any atom is -0.394 e. The van der Waals surface area contributed by atoms with Gasteiger partial charge in [-0.3, -0.25) is 0 Å². The van der Waals surface area contributed by atoms with Gasteiger partial charge in [0.2, 0.25) is 0 Å². The van der Waals surface area contributed by atoms with E-state index in [2.05, 4.69) is 26.1 Å². The molecule has 2 nitrogen and oxygen atoms in total. The van der Waals surface area contributed by atoms with E-state index in [-0.39, 0.29) is 12.1 Å². The van der Waals surface area contributed by atoms with Crippen LogP contribution in [0.5, 0.6) is 0 Å². The highest BCUT2D eigenvalue weighted by Crippen LogP contribution is 2.32. The van der Waals surface area contributed by atoms with Crippen molar-refractivity contribution in [1.82, 2.24) is 5.32 Å². The fourth-order valence-corrected chi connectivity index (χ4v) is 2.70. The summed E-state index contributed by atoms with van der Waals surface area (Å²) in [5.41, 5.74) is -0.0597. The van der Waals surface area contributed by atoms with Crippen molar-refractivity contribution in [1.29, 1.82) is 0 Å². The van der Waals surface area contributed by atoms with Crippen LogP contribution in [0, 0.1) is 5.92 Å². The fraction of sp³-hybridized carbons (Fsp3) is 1.00. The van der Waals surface area contributed by atoms with Crippen LogP contribution in [-0.2, 0) is 0 Å². The number of aliphatic hydroxyl groups is 1. The maximum absolute atomic E-state index is 9.62. The van der Waals surface area contributed by atoms with Crippen LogP contribution in [0.2, 0.25) is 0 Å². The van der Waals surface area contributed by atoms with Crippen LogP contribution >= 0.6 is 0 Å². The van der Waals surface area contributed by atoms with Gasteiger partial charge in [-0.1, -0.05) is 26.2 Å². The molecule has 0 spiro atoms. The molecule has 0 amide bonds. The fourth-order valence-electron chi connectivity index (χ4n) is 2.70. The van der Waals surface area contributed by atoms with Gasteiger partial charge in [0, 0.05) is 11.6 Å². The van der Waals surface area contributed by atoms with Gasteiger partial charge < -0.3 is 10.4 Å². The predicted molar refractivity (Wildman–Crippen MR) is 65.0 cm³/mol. The second-order valence-electron chi connectivity index (χ2n) is 5.36. The zero-order valence-corrected chi connectivity index (χ0v) is 10.6. The molecular formula is C13H27NO. The molecule has 1 aliphatic carbocycles. The summed E-state index contributed by atoms with van der Waals surface area (Å²) in [6.45, 7) is 6.85. The van der Waals surface area contributed by atoms with Gasteiger partial charge in [-0.25, -0.2) is 0 Å². The summed E-state index contributed by atoms with van der Waals surface area (Å²) < 4.78 is 0. The first-order chi connectivity index (χ1) is 7.12. The molecule has 90 valence electrons. The van der Waals surface area contributed by atoms with Crippen LogP contribution in [0.4, 0.5) is 0 Å². The van der Waals surface area contributed by atoms with E-state index in [9.17, 15) is 5.11 Å². The van der Waals surface area contributed by atoms with E-state index < -0.39 is 0 Å². The average Bonchev–Trinajstić information content (AvgIpc) is 2.30. The van der Waals surface area contributed by atoms with Crippen LogP contribution in [0.3, 0.4) is 0 Å². The summed E-state index contributed by atoms with van der Waals surface area (Å²) in [5.74, 6) is 0.658. The van der Waals surface area contributed by atoms with Gasteiger partial charge in [-0.05, 0) is 39.0 Å². The molecule has 0 heterocycles. The highest BCUT2D eigenvalue weighted by Gasteiger charge is 2.34. The molecular weight excluding hydrogens is 186 g/mol. The Morgan fingerprint density at radius 3 is 2.40 bits per heavy atom. The van der Waals surface area contributed by atoms with E-state index in [1.54, 1.807) is 0 Å². The first-order valence-corrected chi connectivity index (χ1v) is 6.51. The molecule has 1 aliphatic rings. The van der Waals surface area contributed by atoms with E-state index in [4.69, 9.17) is 0 Å². The number of hydrogen-bond donors (Lipinski definition) is 2. The van der Waals surface area contributed by atoms with Crippen molar-refractivity contribution >= 4 is 0 Å². The molecule has 2 N–H and O–H groups in total. The molecule has 15 heavy (non-hydrogen) atoms. The number of nitrogens with one attached hydrogen (secondary N) is 1. The van der Waals surface area contributed by atoms with Crippen LogP contribution in [-0.4, -0.2) is 23.3 Å². The van der Waals surface area contributed by atoms with Crippen LogP contribution < -0.4 is 5.32 Å². The van der Waals surface area contributed by atoms with Crippen molar-refractivity contribution in [3.63, 3.8) is 0 Å². The Hall–Kier alpha value is -0.0800. The Balaban J connectivity index is 2.56. The Morgan fingerprint density at radius 1 is 1.33 bits per heavy atom. The Morgan fingerprint density at radius 2 is 1.93 bits per heavy atom. The summed E-state index contributed by atoms with van der Waals surface area (Å²) in [7, 11) is 0. The second kappa shape index (κ2) is 5.86. The zero-order chi connectivity index (χ0) is 11.3. The van der Waals surface area contributed by atoms with Crippen molar-refractivity contribution in [3.8, 4) is 0 Å². The largest absolute Gasteiger partial charge is 0.394 e. The first-order valence-electron chi connectivity index (χ1n) is 6.51. The SMILES string of the molecule is CCC(C)NC(C)(CO)C1CCCCC1. The van der Waals surface area contributed by atoms with Crippen LogP contribution in [0.15, 0.2) is 0 Å². The Labute approximate surface area is 94.5 Å². The highest BCUT2D eigenvalue weighted by molar-refractivity contribution is 4.92. The van der Waals surface area contributed by atoms with Crippen molar-refractivity contribution in [2.45, 2.75) is 70.9 Å². The lowest BCUT2D eigenvalue weighted by atomic mass is 9.75. The topological polar surface area (TPSA) is 32.3 Å². The first kappa shape index (κ1) is 13.0. The monoisotopic (exact) mass is 213 g/mol. The van der Waals surface area contributed by atoms with Gasteiger partial charge in [0.25, 0.3) is 0 Å². The standard InChI is InChI=1S/C13H27NO/c1-4-11(2)14-13(3,10-15)12-8-6-5-7-9-12/h11-12,14-15H,4-10H2,1-3H3. The lowest BCUT2D eigenvalue weighted by Crippen LogP contribution is -2.55. The minimum absolute atomic E-state index is 0.0597. The van der Waals surface area contributed by atoms with E-state index in [1.807, 2.05) is 0 Å². The zero-order valence-electron chi connectivity index (χ0n) is 10.6. The summed E-state index contributed by atoms with van der Waals surface area (Å²) >= 11 is 0. The molecule has 0 aromatic rings. The van der Waals surface area contributed by atoms with Crippen molar-refractivity contribution < 1.29 is 5.11 Å². The summed E-state index contributed by atoms with van der Waals surface area (Å²) in [6, 6.07) is 0.504. The van der Waals surface area contributed by atoms with E-state index in [0.29, 0.717) is 12.0 Å². The smallest absolute Gasteiger partial charge is 0.0613 e. The summed E-state index contributed by atoms with van der Waals surface area (Å²) in [5, 5.41) is 13.2. The number of hydrogen-bond acceptors (Lipinski definition) is 2. The average molecular weight is 213 g/mol. The molecule has 1 rings (SSSR count). The molecule has 1 saturated carbocycles. The summed E-state index contributed by atoms with van der Waals surface area (Å²) in [6.07, 6.45) is 7.73. The molecule has 0 bridgehead atoms. The second-order valence-corrected chi connectivity index (χ2v) is 5.36. The van der Waals surface area contributed by atoms with E-state index >= 15 is 0 Å². The van der Waals surface area contributed by atoms with Gasteiger partial charge in [-0.2, -0.15) is 0 Å². The minimum atomic E-state index is -0.0597. The van der Waals surface area contributed by atoms with Gasteiger partial charge >= 0.3 is 0 Å². The van der Waals surface area contributed by atoms with E-state index in [0.717, 1.165) is 6.42 Å². The third-order valence-electron chi connectivity index (χ3n) is 4.02. The number of rotatable bonds is 5. The maximum atomic E-state index is 9.62. The normalized spacial score (nSPS) is 24.8. The van der Waals surface area contributed by atoms with E-state index in [1.165, 1.54) is 32.1 Å². The van der Waals surface area contributed by atoms with Gasteiger partial charge in [0.05, 0.1) is 6.61 Å². The Bertz CT molecular complexity index is 177. The van der Waals surface area contributed by atoms with Crippen molar-refractivity contribution in [2.75, 3.05) is 6.61 Å². The maximum Gasteiger partial charge on any atom is 0.0613 e. The van der Waals surface area contributed by atoms with Crippen LogP contribution in [0.1, 0.15) is 59.3 Å². The van der Waals surface area contributed by atoms with Crippen molar-refractivity contribution in [3.05, 3.63) is 0 Å². The van der Waals surface area contributed by atoms with Gasteiger partial charge in [0.15, 0.2) is 0 Å². The molecule has 2 unspecified atom stereocenters. The summed E-state index contributed by atoms with van der Waals surface area (Å²) in [4.78, 5) is 0. The number of aliphatic hydroxyl groups excluding tert-OH is 1. The van der Waals surface area contributed by atoms with Crippen LogP contribution in [0.25, 0.3) is 0 Å². The molecule has 0 aromatic heterocycles.